The maximum Gasteiger partial charge on any atom is 0.307 e. The van der Waals surface area contributed by atoms with Gasteiger partial charge in [0.25, 0.3) is 0 Å². The number of carbonyl (C=O) groups excluding carboxylic acids is 3. The van der Waals surface area contributed by atoms with E-state index in [1.807, 2.05) is 41.5 Å². The van der Waals surface area contributed by atoms with Crippen LogP contribution in [0.2, 0.25) is 0 Å². The number of amides is 1. The summed E-state index contributed by atoms with van der Waals surface area (Å²) in [4.78, 5) is 45.8. The number of aliphatic hydroxyl groups is 1. The van der Waals surface area contributed by atoms with Gasteiger partial charge in [0.15, 0.2) is 12.5 Å². The van der Waals surface area contributed by atoms with E-state index in [4.69, 9.17) is 10.3 Å². The first kappa shape index (κ1) is 29.5. The number of nitrogens with zero attached hydrogens (tertiary/aromatic N) is 5. The van der Waals surface area contributed by atoms with Gasteiger partial charge in [-0.25, -0.2) is 4.98 Å². The fraction of sp³-hybridized carbons (Fsp3) is 0.739. The van der Waals surface area contributed by atoms with Crippen LogP contribution in [0.25, 0.3) is 10.4 Å². The average molecular weight is 496 g/mol. The van der Waals surface area contributed by atoms with Crippen LogP contribution in [0.15, 0.2) is 10.5 Å². The van der Waals surface area contributed by atoms with E-state index in [-0.39, 0.29) is 48.8 Å². The first-order valence-electron chi connectivity index (χ1n) is 11.6. The van der Waals surface area contributed by atoms with E-state index in [1.165, 1.54) is 23.2 Å². The Morgan fingerprint density at radius 2 is 1.91 bits per heavy atom. The van der Waals surface area contributed by atoms with Gasteiger partial charge < -0.3 is 14.7 Å². The number of hydrogen-bond acceptors (Lipinski definition) is 8. The molecule has 0 saturated heterocycles. The largest absolute Gasteiger partial charge is 0.444 e. The fourth-order valence-corrected chi connectivity index (χ4v) is 4.26. The number of carbonyl (C=O) groups is 3. The van der Waals surface area contributed by atoms with Crippen LogP contribution in [0.3, 0.4) is 0 Å². The number of azide groups is 1. The molecule has 0 aliphatic rings. The summed E-state index contributed by atoms with van der Waals surface area (Å²) in [5, 5.41) is 16.6. The number of esters is 1. The molecule has 1 aromatic heterocycles. The van der Waals surface area contributed by atoms with Gasteiger partial charge in [0, 0.05) is 36.1 Å². The van der Waals surface area contributed by atoms with Crippen molar-refractivity contribution in [1.82, 2.24) is 9.88 Å². The van der Waals surface area contributed by atoms with Crippen LogP contribution < -0.4 is 0 Å². The van der Waals surface area contributed by atoms with Crippen molar-refractivity contribution in [2.24, 2.45) is 22.9 Å². The van der Waals surface area contributed by atoms with Crippen LogP contribution in [-0.2, 0) is 14.3 Å². The van der Waals surface area contributed by atoms with Crippen molar-refractivity contribution in [3.63, 3.8) is 0 Å². The van der Waals surface area contributed by atoms with E-state index in [9.17, 15) is 19.5 Å². The number of ketones is 1. The molecule has 0 radical (unpaired) electrons. The number of thiazole rings is 1. The van der Waals surface area contributed by atoms with Crippen LogP contribution in [0, 0.1) is 17.8 Å². The second kappa shape index (κ2) is 14.0. The highest BCUT2D eigenvalue weighted by molar-refractivity contribution is 7.09. The van der Waals surface area contributed by atoms with Crippen molar-refractivity contribution in [1.29, 1.82) is 0 Å². The monoisotopic (exact) mass is 495 g/mol. The lowest BCUT2D eigenvalue weighted by Crippen LogP contribution is -2.50. The lowest BCUT2D eigenvalue weighted by atomic mass is 9.93. The standard InChI is InChI=1S/C23H37N5O5S/c1-8-15(6)21(26-27-24)23(32)28(12-33-20(31)9-13(2)3)18(14(4)5)10-19(30)22-25-17(11-34-22)16(7)29/h11,13-15,18-19,21,30H,8-10,12H2,1-7H3/t15-,18+,19+,21-/m0/s1. The van der Waals surface area contributed by atoms with E-state index in [1.54, 1.807) is 5.38 Å². The van der Waals surface area contributed by atoms with Gasteiger partial charge in [0.05, 0.1) is 0 Å². The first-order valence-corrected chi connectivity index (χ1v) is 12.4. The van der Waals surface area contributed by atoms with Crippen molar-refractivity contribution in [2.45, 2.75) is 85.9 Å². The summed E-state index contributed by atoms with van der Waals surface area (Å²) in [5.74, 6) is -1.36. The van der Waals surface area contributed by atoms with E-state index in [0.717, 1.165) is 0 Å². The highest BCUT2D eigenvalue weighted by Gasteiger charge is 2.35. The molecule has 1 aromatic rings. The predicted octanol–water partition coefficient (Wildman–Crippen LogP) is 4.89. The zero-order chi connectivity index (χ0) is 26.0. The smallest absolute Gasteiger partial charge is 0.307 e. The van der Waals surface area contributed by atoms with E-state index >= 15 is 0 Å². The molecule has 4 atom stereocenters. The molecule has 1 amide bonds. The number of hydrogen-bond donors (Lipinski definition) is 1. The van der Waals surface area contributed by atoms with Crippen molar-refractivity contribution >= 4 is 29.0 Å². The minimum atomic E-state index is -1.03. The molecule has 1 rings (SSSR count). The minimum absolute atomic E-state index is 0.0933. The maximum atomic E-state index is 13.6. The summed E-state index contributed by atoms with van der Waals surface area (Å²) in [5.41, 5.74) is 9.32. The zero-order valence-corrected chi connectivity index (χ0v) is 21.9. The Kier molecular flexibility index (Phi) is 12.2. The highest BCUT2D eigenvalue weighted by Crippen LogP contribution is 2.29. The molecular weight excluding hydrogens is 458 g/mol. The van der Waals surface area contributed by atoms with Gasteiger partial charge in [-0.3, -0.25) is 14.4 Å². The normalized spacial score (nSPS) is 14.8. The third kappa shape index (κ3) is 8.70. The Hall–Kier alpha value is -2.49. The number of aromatic nitrogens is 1. The van der Waals surface area contributed by atoms with Crippen molar-refractivity contribution in [2.75, 3.05) is 6.73 Å². The van der Waals surface area contributed by atoms with Gasteiger partial charge in [-0.2, -0.15) is 0 Å². The summed E-state index contributed by atoms with van der Waals surface area (Å²) >= 11 is 1.17. The second-order valence-corrected chi connectivity index (χ2v) is 10.2. The molecule has 0 bridgehead atoms. The lowest BCUT2D eigenvalue weighted by Gasteiger charge is -2.37. The van der Waals surface area contributed by atoms with E-state index < -0.39 is 30.1 Å². The van der Waals surface area contributed by atoms with Crippen LogP contribution >= 0.6 is 11.3 Å². The Morgan fingerprint density at radius 1 is 1.26 bits per heavy atom. The SMILES string of the molecule is CC[C@H](C)[C@H](N=[N+]=[N-])C(=O)N(COC(=O)CC(C)C)[C@H](C[C@@H](O)c1nc(C(C)=O)cs1)C(C)C. The minimum Gasteiger partial charge on any atom is -0.444 e. The van der Waals surface area contributed by atoms with Gasteiger partial charge in [0.1, 0.15) is 22.8 Å². The Balaban J connectivity index is 3.27. The lowest BCUT2D eigenvalue weighted by molar-refractivity contribution is -0.158. The van der Waals surface area contributed by atoms with E-state index in [2.05, 4.69) is 15.0 Å². The van der Waals surface area contributed by atoms with Crippen molar-refractivity contribution in [3.8, 4) is 0 Å². The number of rotatable bonds is 14. The molecule has 1 N–H and O–H groups in total. The predicted molar refractivity (Wildman–Crippen MR) is 130 cm³/mol. The Morgan fingerprint density at radius 3 is 2.38 bits per heavy atom. The molecule has 0 spiro atoms. The van der Waals surface area contributed by atoms with Gasteiger partial charge in [-0.15, -0.1) is 11.3 Å². The molecule has 10 nitrogen and oxygen atoms in total. The molecule has 34 heavy (non-hydrogen) atoms. The quantitative estimate of drug-likeness (QED) is 0.0970. The first-order chi connectivity index (χ1) is 15.9. The van der Waals surface area contributed by atoms with Crippen LogP contribution in [-0.4, -0.2) is 51.5 Å². The third-order valence-corrected chi connectivity index (χ3v) is 6.58. The van der Waals surface area contributed by atoms with Crippen LogP contribution in [0.1, 0.15) is 89.3 Å². The number of aliphatic hydroxyl groups excluding tert-OH is 1. The van der Waals surface area contributed by atoms with Crippen molar-refractivity contribution in [3.05, 3.63) is 26.5 Å². The highest BCUT2D eigenvalue weighted by atomic mass is 32.1. The summed E-state index contributed by atoms with van der Waals surface area (Å²) in [6.07, 6.45) is -0.110. The molecule has 190 valence electrons. The molecular formula is C23H37N5O5S. The maximum absolute atomic E-state index is 13.6. The van der Waals surface area contributed by atoms with Gasteiger partial charge in [0.2, 0.25) is 5.91 Å². The van der Waals surface area contributed by atoms with Crippen molar-refractivity contribution < 1.29 is 24.2 Å². The summed E-state index contributed by atoms with van der Waals surface area (Å²) in [7, 11) is 0. The summed E-state index contributed by atoms with van der Waals surface area (Å²) in [6, 6.07) is -1.51. The molecule has 0 saturated carbocycles. The molecule has 1 heterocycles. The molecule has 11 heteroatoms. The molecule has 0 aliphatic heterocycles. The topological polar surface area (TPSA) is 146 Å². The summed E-state index contributed by atoms with van der Waals surface area (Å²) in [6.45, 7) is 12.4. The van der Waals surface area contributed by atoms with Crippen LogP contribution in [0.4, 0.5) is 0 Å². The Labute approximate surface area is 205 Å². The molecule has 0 unspecified atom stereocenters. The Bertz CT molecular complexity index is 881. The summed E-state index contributed by atoms with van der Waals surface area (Å²) < 4.78 is 5.42. The number of Topliss-reactive ketones (excluding diaryl/α,β-unsaturated/α-hetero) is 1. The second-order valence-electron chi connectivity index (χ2n) is 9.28. The molecule has 0 aliphatic carbocycles. The number of ether oxygens (including phenoxy) is 1. The molecule has 0 aromatic carbocycles. The molecule has 0 fully saturated rings. The average Bonchev–Trinajstić information content (AvgIpc) is 3.26. The van der Waals surface area contributed by atoms with Crippen LogP contribution in [0.5, 0.6) is 0 Å². The van der Waals surface area contributed by atoms with E-state index in [0.29, 0.717) is 11.4 Å². The fourth-order valence-electron chi connectivity index (χ4n) is 3.40. The zero-order valence-electron chi connectivity index (χ0n) is 21.1. The van der Waals surface area contributed by atoms with Gasteiger partial charge in [-0.05, 0) is 23.3 Å². The third-order valence-electron chi connectivity index (χ3n) is 5.64. The van der Waals surface area contributed by atoms with Gasteiger partial charge >= 0.3 is 5.97 Å². The van der Waals surface area contributed by atoms with Gasteiger partial charge in [-0.1, -0.05) is 53.1 Å².